The van der Waals surface area contributed by atoms with E-state index in [4.69, 9.17) is 10.00 Å². The number of nitro benzene ring substituents is 1. The van der Waals surface area contributed by atoms with Crippen LogP contribution in [0.15, 0.2) is 12.1 Å². The fourth-order valence-electron chi connectivity index (χ4n) is 2.28. The molecule has 0 unspecified atom stereocenters. The molecule has 1 aliphatic heterocycles. The van der Waals surface area contributed by atoms with Crippen LogP contribution in [0, 0.1) is 21.4 Å². The molecule has 0 saturated heterocycles. The summed E-state index contributed by atoms with van der Waals surface area (Å²) < 4.78 is 5.04. The summed E-state index contributed by atoms with van der Waals surface area (Å²) in [5.74, 6) is -0.0816. The number of nitriles is 1. The molecule has 1 heterocycles. The van der Waals surface area contributed by atoms with Crippen molar-refractivity contribution in [3.05, 3.63) is 27.8 Å². The molecular formula is C13H14N4O4. The number of amides is 1. The van der Waals surface area contributed by atoms with Crippen molar-refractivity contribution in [1.82, 2.24) is 4.90 Å². The Kier molecular flexibility index (Phi) is 4.05. The van der Waals surface area contributed by atoms with Gasteiger partial charge in [-0.1, -0.05) is 0 Å². The normalized spacial score (nSPS) is 15.1. The number of carbonyl (C=O) groups is 1. The quantitative estimate of drug-likeness (QED) is 0.466. The van der Waals surface area contributed by atoms with E-state index in [-0.39, 0.29) is 30.4 Å². The van der Waals surface area contributed by atoms with E-state index in [0.717, 1.165) is 0 Å². The number of likely N-dealkylation sites (N-methyl/N-ethyl adjacent to an activating group) is 1. The summed E-state index contributed by atoms with van der Waals surface area (Å²) >= 11 is 0. The Morgan fingerprint density at radius 1 is 1.48 bits per heavy atom. The second-order valence-corrected chi connectivity index (χ2v) is 4.67. The van der Waals surface area contributed by atoms with E-state index in [1.54, 1.807) is 18.0 Å². The van der Waals surface area contributed by atoms with Gasteiger partial charge in [0.25, 0.3) is 0 Å². The molecule has 0 radical (unpaired) electrons. The lowest BCUT2D eigenvalue weighted by Gasteiger charge is -2.17. The lowest BCUT2D eigenvalue weighted by atomic mass is 10.1. The fraction of sp³-hybridized carbons (Fsp3) is 0.385. The van der Waals surface area contributed by atoms with Crippen LogP contribution in [0.1, 0.15) is 5.56 Å². The maximum absolute atomic E-state index is 12.1. The highest BCUT2D eigenvalue weighted by atomic mass is 16.6. The van der Waals surface area contributed by atoms with Crippen LogP contribution in [0.3, 0.4) is 0 Å². The molecule has 0 bridgehead atoms. The highest BCUT2D eigenvalue weighted by Gasteiger charge is 2.28. The number of benzene rings is 1. The first-order valence-corrected chi connectivity index (χ1v) is 6.19. The largest absolute Gasteiger partial charge is 0.490 e. The van der Waals surface area contributed by atoms with Crippen molar-refractivity contribution in [3.8, 4) is 11.8 Å². The van der Waals surface area contributed by atoms with Crippen LogP contribution in [0.25, 0.3) is 0 Å². The monoisotopic (exact) mass is 290 g/mol. The fourth-order valence-corrected chi connectivity index (χ4v) is 2.28. The molecule has 8 nitrogen and oxygen atoms in total. The molecule has 1 aliphatic rings. The molecular weight excluding hydrogens is 276 g/mol. The molecule has 2 rings (SSSR count). The third-order valence-electron chi connectivity index (χ3n) is 3.36. The predicted molar refractivity (Wildman–Crippen MR) is 73.9 cm³/mol. The van der Waals surface area contributed by atoms with E-state index >= 15 is 0 Å². The molecule has 1 amide bonds. The van der Waals surface area contributed by atoms with E-state index in [1.165, 1.54) is 18.1 Å². The number of hydrogen-bond acceptors (Lipinski definition) is 6. The van der Waals surface area contributed by atoms with Crippen LogP contribution in [0.5, 0.6) is 5.75 Å². The van der Waals surface area contributed by atoms with E-state index in [1.807, 2.05) is 6.07 Å². The summed E-state index contributed by atoms with van der Waals surface area (Å²) in [5, 5.41) is 19.9. The molecule has 0 aromatic heterocycles. The summed E-state index contributed by atoms with van der Waals surface area (Å²) in [5.41, 5.74) is 0.985. The van der Waals surface area contributed by atoms with Crippen molar-refractivity contribution in [2.24, 2.45) is 0 Å². The van der Waals surface area contributed by atoms with Crippen molar-refractivity contribution in [2.45, 2.75) is 6.54 Å². The molecule has 21 heavy (non-hydrogen) atoms. The maximum atomic E-state index is 12.1. The number of carbonyl (C=O) groups excluding carboxylic acids is 1. The third kappa shape index (κ3) is 2.78. The van der Waals surface area contributed by atoms with Gasteiger partial charge in [-0.25, -0.2) is 0 Å². The number of methoxy groups -OCH3 is 1. The Morgan fingerprint density at radius 2 is 2.19 bits per heavy atom. The molecule has 0 spiro atoms. The van der Waals surface area contributed by atoms with E-state index in [9.17, 15) is 14.9 Å². The van der Waals surface area contributed by atoms with Crippen LogP contribution < -0.4 is 9.64 Å². The molecule has 0 aliphatic carbocycles. The standard InChI is InChI=1S/C13H14N4O4/c1-15-10-6-11(17(19)20)12(21-2)5-9(10)7-16(4-3-14)8-13(15)18/h5-6H,4,7-8H2,1-2H3. The lowest BCUT2D eigenvalue weighted by molar-refractivity contribution is -0.385. The first kappa shape index (κ1) is 14.7. The van der Waals surface area contributed by atoms with Gasteiger partial charge in [0.05, 0.1) is 36.9 Å². The average Bonchev–Trinajstić information content (AvgIpc) is 2.55. The number of nitrogens with zero attached hydrogens (tertiary/aromatic N) is 4. The molecule has 1 aromatic carbocycles. The number of hydrogen-bond donors (Lipinski definition) is 0. The van der Waals surface area contributed by atoms with Crippen LogP contribution in [0.4, 0.5) is 11.4 Å². The summed E-state index contributed by atoms with van der Waals surface area (Å²) in [4.78, 5) is 25.7. The molecule has 0 fully saturated rings. The SMILES string of the molecule is COc1cc2c(cc1[N+](=O)[O-])N(C)C(=O)CN(CC#N)C2. The Balaban J connectivity index is 2.56. The van der Waals surface area contributed by atoms with Crippen molar-refractivity contribution >= 4 is 17.3 Å². The number of ether oxygens (including phenoxy) is 1. The van der Waals surface area contributed by atoms with Gasteiger partial charge in [0.1, 0.15) is 0 Å². The van der Waals surface area contributed by atoms with Gasteiger partial charge in [-0.15, -0.1) is 0 Å². The van der Waals surface area contributed by atoms with Gasteiger partial charge in [-0.2, -0.15) is 5.26 Å². The first-order chi connectivity index (χ1) is 9.97. The summed E-state index contributed by atoms with van der Waals surface area (Å²) in [6, 6.07) is 4.89. The molecule has 1 aromatic rings. The summed E-state index contributed by atoms with van der Waals surface area (Å²) in [6.45, 7) is 0.556. The highest BCUT2D eigenvalue weighted by Crippen LogP contribution is 2.36. The number of anilines is 1. The minimum Gasteiger partial charge on any atom is -0.490 e. The summed E-state index contributed by atoms with van der Waals surface area (Å²) in [6.07, 6.45) is 0. The minimum absolute atomic E-state index is 0.0921. The smallest absolute Gasteiger partial charge is 0.313 e. The van der Waals surface area contributed by atoms with Crippen LogP contribution in [-0.4, -0.2) is 43.0 Å². The van der Waals surface area contributed by atoms with E-state index < -0.39 is 4.92 Å². The van der Waals surface area contributed by atoms with Gasteiger partial charge in [-0.05, 0) is 11.6 Å². The maximum Gasteiger partial charge on any atom is 0.313 e. The molecule has 8 heteroatoms. The van der Waals surface area contributed by atoms with E-state index in [0.29, 0.717) is 17.8 Å². The Hall–Kier alpha value is -2.66. The van der Waals surface area contributed by atoms with Gasteiger partial charge in [0.2, 0.25) is 5.91 Å². The third-order valence-corrected chi connectivity index (χ3v) is 3.36. The Bertz CT molecular complexity index is 638. The molecule has 0 atom stereocenters. The van der Waals surface area contributed by atoms with Crippen molar-refractivity contribution in [1.29, 1.82) is 5.26 Å². The van der Waals surface area contributed by atoms with E-state index in [2.05, 4.69) is 0 Å². The topological polar surface area (TPSA) is 99.7 Å². The minimum atomic E-state index is -0.546. The number of fused-ring (bicyclic) bond motifs is 1. The molecule has 0 N–H and O–H groups in total. The zero-order valence-corrected chi connectivity index (χ0v) is 11.7. The number of nitro groups is 1. The van der Waals surface area contributed by atoms with Crippen molar-refractivity contribution in [3.63, 3.8) is 0 Å². The molecule has 0 saturated carbocycles. The molecule has 110 valence electrons. The highest BCUT2D eigenvalue weighted by molar-refractivity contribution is 5.96. The number of rotatable bonds is 3. The van der Waals surface area contributed by atoms with Gasteiger partial charge in [-0.3, -0.25) is 19.8 Å². The van der Waals surface area contributed by atoms with Crippen LogP contribution in [-0.2, 0) is 11.3 Å². The van der Waals surface area contributed by atoms with Crippen molar-refractivity contribution in [2.75, 3.05) is 32.1 Å². The zero-order valence-electron chi connectivity index (χ0n) is 11.7. The summed E-state index contributed by atoms with van der Waals surface area (Å²) in [7, 11) is 2.92. The second-order valence-electron chi connectivity index (χ2n) is 4.67. The van der Waals surface area contributed by atoms with Gasteiger partial charge in [0, 0.05) is 19.7 Å². The second kappa shape index (κ2) is 5.76. The van der Waals surface area contributed by atoms with Crippen molar-refractivity contribution < 1.29 is 14.5 Å². The first-order valence-electron chi connectivity index (χ1n) is 6.19. The van der Waals surface area contributed by atoms with Gasteiger partial charge >= 0.3 is 5.69 Å². The Morgan fingerprint density at radius 3 is 2.76 bits per heavy atom. The predicted octanol–water partition coefficient (Wildman–Crippen LogP) is 0.905. The van der Waals surface area contributed by atoms with Gasteiger partial charge < -0.3 is 9.64 Å². The van der Waals surface area contributed by atoms with Crippen LogP contribution in [0.2, 0.25) is 0 Å². The van der Waals surface area contributed by atoms with Crippen LogP contribution >= 0.6 is 0 Å². The zero-order chi connectivity index (χ0) is 15.6. The Labute approximate surface area is 121 Å². The lowest BCUT2D eigenvalue weighted by Crippen LogP contribution is -2.35. The average molecular weight is 290 g/mol. The van der Waals surface area contributed by atoms with Gasteiger partial charge in [0.15, 0.2) is 5.75 Å².